The van der Waals surface area contributed by atoms with E-state index in [1.54, 1.807) is 13.0 Å². The topological polar surface area (TPSA) is 153 Å². The van der Waals surface area contributed by atoms with E-state index < -0.39 is 30.1 Å². The van der Waals surface area contributed by atoms with Crippen molar-refractivity contribution in [3.05, 3.63) is 63.0 Å². The smallest absolute Gasteiger partial charge is 0.344 e. The first kappa shape index (κ1) is 30.1. The summed E-state index contributed by atoms with van der Waals surface area (Å²) in [6.07, 6.45) is 0. The van der Waals surface area contributed by atoms with E-state index in [4.69, 9.17) is 40.0 Å². The molecule has 0 radical (unpaired) electrons. The van der Waals surface area contributed by atoms with Crippen LogP contribution in [0.2, 0.25) is 5.02 Å². The van der Waals surface area contributed by atoms with Crippen LogP contribution in [-0.4, -0.2) is 58.9 Å². The minimum Gasteiger partial charge on any atom is -0.496 e. The molecule has 0 atom stereocenters. The van der Waals surface area contributed by atoms with Crippen LogP contribution in [0.25, 0.3) is 16.9 Å². The molecule has 13 nitrogen and oxygen atoms in total. The highest BCUT2D eigenvalue weighted by Gasteiger charge is 2.22. The summed E-state index contributed by atoms with van der Waals surface area (Å²) in [5.41, 5.74) is -0.258. The fraction of sp³-hybridized carbons (Fsp3) is 0.296. The van der Waals surface area contributed by atoms with Crippen molar-refractivity contribution in [3.8, 4) is 28.8 Å². The maximum absolute atomic E-state index is 14.6. The minimum atomic E-state index is -0.661. The number of halogens is 2. The summed E-state index contributed by atoms with van der Waals surface area (Å²) in [7, 11) is 2.74. The zero-order chi connectivity index (χ0) is 30.4. The maximum atomic E-state index is 14.6. The van der Waals surface area contributed by atoms with Crippen LogP contribution in [0.5, 0.6) is 23.1 Å². The molecule has 4 aromatic rings. The second-order valence-corrected chi connectivity index (χ2v) is 8.85. The molecule has 0 saturated carbocycles. The van der Waals surface area contributed by atoms with Crippen molar-refractivity contribution < 1.29 is 42.4 Å². The Hall–Kier alpha value is -4.85. The van der Waals surface area contributed by atoms with Gasteiger partial charge in [-0.15, -0.1) is 0 Å². The van der Waals surface area contributed by atoms with Crippen LogP contribution in [0, 0.1) is 5.82 Å². The van der Waals surface area contributed by atoms with E-state index in [1.165, 1.54) is 45.4 Å². The molecule has 0 amide bonds. The Morgan fingerprint density at radius 1 is 1.02 bits per heavy atom. The molecule has 0 unspecified atom stereocenters. The number of aromatic amines is 1. The van der Waals surface area contributed by atoms with Crippen LogP contribution < -0.4 is 24.6 Å². The molecule has 15 heteroatoms. The molecule has 0 saturated heterocycles. The normalized spacial score (nSPS) is 10.8. The van der Waals surface area contributed by atoms with E-state index >= 15 is 0 Å². The Bertz CT molecular complexity index is 1690. The fourth-order valence-corrected chi connectivity index (χ4v) is 4.12. The third-order valence-electron chi connectivity index (χ3n) is 5.72. The molecular formula is C27H26ClFN4O9. The molecule has 0 aliphatic heterocycles. The number of methoxy groups -OCH3 is 2. The van der Waals surface area contributed by atoms with Crippen LogP contribution >= 0.6 is 11.6 Å². The maximum Gasteiger partial charge on any atom is 0.344 e. The molecule has 42 heavy (non-hydrogen) atoms. The molecule has 2 heterocycles. The summed E-state index contributed by atoms with van der Waals surface area (Å²) in [5, 5.41) is 0.00629. The molecule has 0 fully saturated rings. The number of rotatable bonds is 12. The van der Waals surface area contributed by atoms with E-state index in [0.717, 1.165) is 4.57 Å². The van der Waals surface area contributed by atoms with Crippen molar-refractivity contribution in [3.63, 3.8) is 0 Å². The average Bonchev–Trinajstić information content (AvgIpc) is 3.29. The first-order valence-electron chi connectivity index (χ1n) is 12.4. The van der Waals surface area contributed by atoms with Gasteiger partial charge in [-0.1, -0.05) is 17.7 Å². The van der Waals surface area contributed by atoms with Gasteiger partial charge in [0.25, 0.3) is 0 Å². The van der Waals surface area contributed by atoms with Gasteiger partial charge >= 0.3 is 17.6 Å². The highest BCUT2D eigenvalue weighted by Crippen LogP contribution is 2.37. The number of H-pyrrole nitrogens is 1. The number of esters is 2. The number of hydrogen-bond donors (Lipinski definition) is 1. The third-order valence-corrected chi connectivity index (χ3v) is 6.02. The van der Waals surface area contributed by atoms with E-state index in [2.05, 4.69) is 15.0 Å². The van der Waals surface area contributed by atoms with Gasteiger partial charge in [0.05, 0.1) is 37.1 Å². The van der Waals surface area contributed by atoms with Crippen LogP contribution in [0.1, 0.15) is 25.2 Å². The molecule has 0 spiro atoms. The molecule has 0 aliphatic rings. The summed E-state index contributed by atoms with van der Waals surface area (Å²) >= 11 is 6.60. The number of benzene rings is 2. The minimum absolute atomic E-state index is 0.00594. The predicted molar refractivity (Wildman–Crippen MR) is 146 cm³/mol. The van der Waals surface area contributed by atoms with Crippen molar-refractivity contribution in [2.45, 2.75) is 27.1 Å². The van der Waals surface area contributed by atoms with Crippen molar-refractivity contribution in [1.29, 1.82) is 0 Å². The second-order valence-electron chi connectivity index (χ2n) is 8.45. The third kappa shape index (κ3) is 6.54. The van der Waals surface area contributed by atoms with Gasteiger partial charge in [-0.3, -0.25) is 9.78 Å². The zero-order valence-electron chi connectivity index (χ0n) is 23.0. The molecule has 2 aromatic carbocycles. The Labute approximate surface area is 243 Å². The number of nitrogens with one attached hydrogen (secondary N) is 1. The SMILES string of the molecule is CCOC(=O)COc1cc(Cl)c(-n2c(=O)[nH]c3c(OC)nc(COC(C)=O)nc32)cc1OCc1c(F)cccc1OC. The lowest BCUT2D eigenvalue weighted by Crippen LogP contribution is -2.17. The number of aromatic nitrogens is 4. The van der Waals surface area contributed by atoms with Crippen LogP contribution in [-0.2, 0) is 32.3 Å². The number of carbonyl (C=O) groups excluding carboxylic acids is 2. The lowest BCUT2D eigenvalue weighted by atomic mass is 10.2. The lowest BCUT2D eigenvalue weighted by Gasteiger charge is -2.17. The van der Waals surface area contributed by atoms with Gasteiger partial charge in [0, 0.05) is 19.1 Å². The van der Waals surface area contributed by atoms with Gasteiger partial charge in [-0.05, 0) is 19.1 Å². The number of hydrogen-bond acceptors (Lipinski definition) is 11. The standard InChI is InChI=1S/C27H26ClFN4O9/c1-5-39-23(35)13-42-20-9-16(28)18(10-21(20)41-11-15-17(29)7-6-8-19(15)37-3)33-25-24(32-27(33)36)26(38-4)31-22(30-25)12-40-14(2)34/h6-10H,5,11-13H2,1-4H3,(H,32,36). The molecule has 0 bridgehead atoms. The monoisotopic (exact) mass is 604 g/mol. The summed E-state index contributed by atoms with van der Waals surface area (Å²) < 4.78 is 47.7. The Morgan fingerprint density at radius 2 is 1.79 bits per heavy atom. The zero-order valence-corrected chi connectivity index (χ0v) is 23.7. The molecule has 1 N–H and O–H groups in total. The first-order chi connectivity index (χ1) is 20.2. The largest absolute Gasteiger partial charge is 0.496 e. The number of imidazole rings is 1. The Balaban J connectivity index is 1.83. The van der Waals surface area contributed by atoms with Gasteiger partial charge < -0.3 is 28.4 Å². The molecule has 0 aliphatic carbocycles. The van der Waals surface area contributed by atoms with Gasteiger partial charge in [0.15, 0.2) is 36.2 Å². The Kier molecular flexibility index (Phi) is 9.47. The van der Waals surface area contributed by atoms with Crippen LogP contribution in [0.4, 0.5) is 4.39 Å². The quantitative estimate of drug-likeness (QED) is 0.236. The summed E-state index contributed by atoms with van der Waals surface area (Å²) in [5.74, 6) is -1.43. The van der Waals surface area contributed by atoms with E-state index in [9.17, 15) is 18.8 Å². The number of carbonyl (C=O) groups is 2. The van der Waals surface area contributed by atoms with Gasteiger partial charge in [-0.25, -0.2) is 23.5 Å². The van der Waals surface area contributed by atoms with Gasteiger partial charge in [-0.2, -0.15) is 4.98 Å². The first-order valence-corrected chi connectivity index (χ1v) is 12.8. The number of ether oxygens (including phenoxy) is 6. The van der Waals surface area contributed by atoms with Crippen molar-refractivity contribution >= 4 is 34.7 Å². The number of fused-ring (bicyclic) bond motifs is 1. The van der Waals surface area contributed by atoms with E-state index in [0.29, 0.717) is 0 Å². The lowest BCUT2D eigenvalue weighted by molar-refractivity contribution is -0.145. The van der Waals surface area contributed by atoms with E-state index in [1.807, 2.05) is 0 Å². The number of nitrogens with zero attached hydrogens (tertiary/aromatic N) is 3. The fourth-order valence-electron chi connectivity index (χ4n) is 3.88. The Morgan fingerprint density at radius 3 is 2.48 bits per heavy atom. The highest BCUT2D eigenvalue weighted by atomic mass is 35.5. The summed E-state index contributed by atoms with van der Waals surface area (Å²) in [4.78, 5) is 47.6. The van der Waals surface area contributed by atoms with Gasteiger partial charge in [0.1, 0.15) is 23.7 Å². The molecule has 2 aromatic heterocycles. The van der Waals surface area contributed by atoms with Crippen molar-refractivity contribution in [1.82, 2.24) is 19.5 Å². The highest BCUT2D eigenvalue weighted by molar-refractivity contribution is 6.32. The summed E-state index contributed by atoms with van der Waals surface area (Å²) in [6.45, 7) is 1.96. The van der Waals surface area contributed by atoms with Crippen LogP contribution in [0.15, 0.2) is 35.1 Å². The van der Waals surface area contributed by atoms with Gasteiger partial charge in [0.2, 0.25) is 5.88 Å². The average molecular weight is 605 g/mol. The van der Waals surface area contributed by atoms with Crippen LogP contribution in [0.3, 0.4) is 0 Å². The van der Waals surface area contributed by atoms with E-state index in [-0.39, 0.29) is 76.2 Å². The summed E-state index contributed by atoms with van der Waals surface area (Å²) in [6, 6.07) is 7.00. The van der Waals surface area contributed by atoms with Crippen molar-refractivity contribution in [2.75, 3.05) is 27.4 Å². The predicted octanol–water partition coefficient (Wildman–Crippen LogP) is 3.50. The molecular weight excluding hydrogens is 579 g/mol. The second kappa shape index (κ2) is 13.2. The molecule has 222 valence electrons. The molecule has 4 rings (SSSR count). The van der Waals surface area contributed by atoms with Crippen molar-refractivity contribution in [2.24, 2.45) is 0 Å².